The van der Waals surface area contributed by atoms with Crippen LogP contribution in [-0.2, 0) is 32.4 Å². The second kappa shape index (κ2) is 13.4. The van der Waals surface area contributed by atoms with Crippen molar-refractivity contribution in [2.45, 2.75) is 28.3 Å². The molecule has 0 spiro atoms. The molecule has 1 aromatic carbocycles. The first-order chi connectivity index (χ1) is 5.33. The van der Waals surface area contributed by atoms with E-state index in [1.165, 1.54) is 5.56 Å². The van der Waals surface area contributed by atoms with Gasteiger partial charge in [0.05, 0.1) is 0 Å². The van der Waals surface area contributed by atoms with Crippen molar-refractivity contribution >= 4 is 6.41 Å². The second-order valence-electron chi connectivity index (χ2n) is 2.44. The molecule has 0 heterocycles. The molecule has 86 valence electrons. The summed E-state index contributed by atoms with van der Waals surface area (Å²) in [5.74, 6) is 0. The largest absolute Gasteiger partial charge is 2.00 e. The van der Waals surface area contributed by atoms with Crippen LogP contribution in [0.5, 0.6) is 0 Å². The first-order valence-corrected chi connectivity index (χ1v) is 3.48. The smallest absolute Gasteiger partial charge is 0.526 e. The van der Waals surface area contributed by atoms with Gasteiger partial charge in [0.15, 0.2) is 0 Å². The van der Waals surface area contributed by atoms with Crippen molar-refractivity contribution in [3.05, 3.63) is 42.8 Å². The number of rotatable bonds is 3. The zero-order valence-electron chi connectivity index (χ0n) is 7.83. The third kappa shape index (κ3) is 9.68. The topological polar surface area (TPSA) is 29.1 Å². The van der Waals surface area contributed by atoms with E-state index in [4.69, 9.17) is 0 Å². The summed E-state index contributed by atoms with van der Waals surface area (Å²) in [5.41, 5.74) is 2.32. The van der Waals surface area contributed by atoms with E-state index in [9.17, 15) is 4.79 Å². The molecule has 0 radical (unpaired) electrons. The minimum absolute atomic E-state index is 0. The van der Waals surface area contributed by atoms with E-state index in [1.54, 1.807) is 6.41 Å². The van der Waals surface area contributed by atoms with Crippen LogP contribution in [0.2, 0.25) is 0 Å². The Kier molecular flexibility index (Phi) is 21.3. The van der Waals surface area contributed by atoms with Crippen molar-refractivity contribution in [1.82, 2.24) is 5.32 Å². The summed E-state index contributed by atoms with van der Waals surface area (Å²) in [6.45, 7) is 2.59. The maximum atomic E-state index is 9.81. The quantitative estimate of drug-likeness (QED) is 0.635. The predicted molar refractivity (Wildman–Crippen MR) is 63.6 cm³/mol. The van der Waals surface area contributed by atoms with Gasteiger partial charge >= 0.3 is 21.1 Å². The number of aryl methyl sites for hydroxylation is 1. The molecule has 0 bridgehead atoms. The molecule has 0 fully saturated rings. The molecule has 3 heteroatoms. The van der Waals surface area contributed by atoms with Gasteiger partial charge in [0.2, 0.25) is 0 Å². The van der Waals surface area contributed by atoms with Crippen LogP contribution in [0.15, 0.2) is 24.3 Å². The molecule has 1 N–H and O–H groups in total. The van der Waals surface area contributed by atoms with Crippen molar-refractivity contribution in [1.29, 1.82) is 0 Å². The maximum absolute atomic E-state index is 9.81. The fraction of sp³-hybridized carbons (Fsp3) is 0.333. The average Bonchev–Trinajstić information content (AvgIpc) is 2.04. The van der Waals surface area contributed by atoms with E-state index in [0.717, 1.165) is 5.56 Å². The van der Waals surface area contributed by atoms with Gasteiger partial charge in [-0.3, -0.25) is 0 Å². The predicted octanol–water partition coefficient (Wildman–Crippen LogP) is 2.87. The molecular weight excluding hydrogens is 358 g/mol. The second-order valence-corrected chi connectivity index (χ2v) is 2.44. The standard InChI is InChI=1S/C9H10NO.2CH4.CH3.W/c1-8-2-4-9(5-3-8)6-10-7-11;;;;/h2-5H,6H2,1H3,(H,10,11);2*1H4;1H3;/q-1;;;-1;+2. The summed E-state index contributed by atoms with van der Waals surface area (Å²) >= 11 is 0. The normalized spacial score (nSPS) is 6.73. The van der Waals surface area contributed by atoms with Crippen molar-refractivity contribution in [3.63, 3.8) is 0 Å². The summed E-state index contributed by atoms with van der Waals surface area (Å²) in [6.07, 6.45) is 1.63. The number of hydrogen-bond acceptors (Lipinski definition) is 1. The summed E-state index contributed by atoms with van der Waals surface area (Å²) in [6, 6.07) is 8.00. The van der Waals surface area contributed by atoms with Crippen molar-refractivity contribution in [3.8, 4) is 0 Å². The van der Waals surface area contributed by atoms with Gasteiger partial charge < -0.3 is 17.5 Å². The maximum Gasteiger partial charge on any atom is 2.00 e. The number of benzene rings is 1. The number of nitrogens with one attached hydrogen (secondary N) is 1. The average molecular weight is 379 g/mol. The molecule has 0 aliphatic rings. The van der Waals surface area contributed by atoms with Gasteiger partial charge in [-0.15, -0.1) is 0 Å². The SMILES string of the molecule is C.C.Cc1ccc(CN[C-]=O)cc1.[CH3-].[W+2]. The van der Waals surface area contributed by atoms with Crippen LogP contribution in [-0.4, -0.2) is 6.41 Å². The Morgan fingerprint density at radius 2 is 1.67 bits per heavy atom. The first-order valence-electron chi connectivity index (χ1n) is 3.48. The monoisotopic (exact) mass is 379 g/mol. The number of carbonyl (C=O) groups excluding carboxylic acids is 1. The molecule has 0 saturated carbocycles. The van der Waals surface area contributed by atoms with Crippen LogP contribution in [0.3, 0.4) is 0 Å². The van der Waals surface area contributed by atoms with Crippen molar-refractivity contribution in [2.75, 3.05) is 0 Å². The molecule has 0 aliphatic heterocycles. The van der Waals surface area contributed by atoms with E-state index in [-0.39, 0.29) is 43.3 Å². The Labute approximate surface area is 109 Å². The van der Waals surface area contributed by atoms with Gasteiger partial charge in [-0.1, -0.05) is 44.7 Å². The molecule has 1 rings (SSSR count). The van der Waals surface area contributed by atoms with Crippen LogP contribution in [0.1, 0.15) is 26.0 Å². The molecule has 0 saturated heterocycles. The minimum atomic E-state index is 0. The zero-order chi connectivity index (χ0) is 8.10. The van der Waals surface area contributed by atoms with E-state index in [0.29, 0.717) is 6.54 Å². The molecular formula is C12H21NOW. The van der Waals surface area contributed by atoms with Crippen LogP contribution in [0.4, 0.5) is 0 Å². The zero-order valence-corrected chi connectivity index (χ0v) is 10.8. The molecule has 0 atom stereocenters. The molecule has 1 aromatic rings. The van der Waals surface area contributed by atoms with Gasteiger partial charge in [0.1, 0.15) is 0 Å². The van der Waals surface area contributed by atoms with E-state index in [2.05, 4.69) is 5.32 Å². The van der Waals surface area contributed by atoms with Crippen LogP contribution in [0, 0.1) is 14.4 Å². The molecule has 0 aliphatic carbocycles. The number of hydrogen-bond donors (Lipinski definition) is 1. The molecule has 2 nitrogen and oxygen atoms in total. The van der Waals surface area contributed by atoms with E-state index < -0.39 is 0 Å². The molecule has 0 aromatic heterocycles. The Morgan fingerprint density at radius 1 is 1.20 bits per heavy atom. The summed E-state index contributed by atoms with van der Waals surface area (Å²) in [4.78, 5) is 9.81. The molecule has 15 heavy (non-hydrogen) atoms. The fourth-order valence-corrected chi connectivity index (χ4v) is 0.844. The van der Waals surface area contributed by atoms with Gasteiger partial charge in [0.25, 0.3) is 0 Å². The first kappa shape index (κ1) is 23.9. The van der Waals surface area contributed by atoms with E-state index in [1.807, 2.05) is 31.2 Å². The van der Waals surface area contributed by atoms with E-state index >= 15 is 0 Å². The Hall–Kier alpha value is -0.622. The third-order valence-corrected chi connectivity index (χ3v) is 1.49. The van der Waals surface area contributed by atoms with Gasteiger partial charge in [-0.05, 0) is 12.5 Å². The van der Waals surface area contributed by atoms with Gasteiger partial charge in [-0.25, -0.2) is 0 Å². The Balaban J connectivity index is -0.000000151. The van der Waals surface area contributed by atoms with Crippen molar-refractivity contribution < 1.29 is 25.9 Å². The molecule has 1 amide bonds. The van der Waals surface area contributed by atoms with Crippen molar-refractivity contribution in [2.24, 2.45) is 0 Å². The van der Waals surface area contributed by atoms with Crippen LogP contribution < -0.4 is 5.32 Å². The minimum Gasteiger partial charge on any atom is -0.526 e. The van der Waals surface area contributed by atoms with Crippen LogP contribution in [0.25, 0.3) is 0 Å². The summed E-state index contributed by atoms with van der Waals surface area (Å²) in [7, 11) is 0. The summed E-state index contributed by atoms with van der Waals surface area (Å²) in [5, 5.41) is 2.48. The Morgan fingerprint density at radius 3 is 2.07 bits per heavy atom. The molecule has 0 unspecified atom stereocenters. The van der Waals surface area contributed by atoms with Gasteiger partial charge in [-0.2, -0.15) is 6.41 Å². The Bertz CT molecular complexity index is 234. The number of amides is 1. The summed E-state index contributed by atoms with van der Waals surface area (Å²) < 4.78 is 0. The van der Waals surface area contributed by atoms with Gasteiger partial charge in [0, 0.05) is 6.54 Å². The third-order valence-electron chi connectivity index (χ3n) is 1.49. The van der Waals surface area contributed by atoms with Crippen LogP contribution >= 0.6 is 0 Å². The fourth-order valence-electron chi connectivity index (χ4n) is 0.844.